The van der Waals surface area contributed by atoms with Crippen LogP contribution in [0.5, 0.6) is 0 Å². The SMILES string of the molecule is CCOC(=O)[C@@H]1[C@@H]2CC(C)C3(S2)C(C(=O)Nc2ccc(N(CC)CC)cc2)N([C@@H](CO)Cc2ccccc2)C(=O)[C@H]13. The number of benzene rings is 2. The van der Waals surface area contributed by atoms with E-state index in [1.54, 1.807) is 23.6 Å². The zero-order chi connectivity index (χ0) is 29.3. The molecule has 41 heavy (non-hydrogen) atoms. The summed E-state index contributed by atoms with van der Waals surface area (Å²) >= 11 is 1.61. The van der Waals surface area contributed by atoms with Gasteiger partial charge in [-0.05, 0) is 69.4 Å². The minimum Gasteiger partial charge on any atom is -0.466 e. The number of hydrogen-bond acceptors (Lipinski definition) is 7. The molecule has 0 radical (unpaired) electrons. The second-order valence-electron chi connectivity index (χ2n) is 11.3. The van der Waals surface area contributed by atoms with E-state index < -0.39 is 28.7 Å². The summed E-state index contributed by atoms with van der Waals surface area (Å²) in [6.45, 7) is 9.77. The van der Waals surface area contributed by atoms with Crippen molar-refractivity contribution in [3.05, 3.63) is 60.2 Å². The molecule has 0 aromatic heterocycles. The molecule has 220 valence electrons. The van der Waals surface area contributed by atoms with Gasteiger partial charge in [-0.25, -0.2) is 0 Å². The zero-order valence-electron chi connectivity index (χ0n) is 24.3. The average Bonchev–Trinajstić information content (AvgIpc) is 3.57. The fourth-order valence-electron chi connectivity index (χ4n) is 7.35. The van der Waals surface area contributed by atoms with E-state index in [2.05, 4.69) is 31.0 Å². The van der Waals surface area contributed by atoms with E-state index in [4.69, 9.17) is 4.74 Å². The van der Waals surface area contributed by atoms with Crippen molar-refractivity contribution in [2.45, 2.75) is 62.6 Å². The van der Waals surface area contributed by atoms with Gasteiger partial charge >= 0.3 is 5.97 Å². The highest BCUT2D eigenvalue weighted by Gasteiger charge is 2.76. The summed E-state index contributed by atoms with van der Waals surface area (Å²) in [4.78, 5) is 45.8. The first-order valence-corrected chi connectivity index (χ1v) is 15.7. The molecule has 0 aliphatic carbocycles. The number of rotatable bonds is 11. The summed E-state index contributed by atoms with van der Waals surface area (Å²) < 4.78 is 4.66. The maximum atomic E-state index is 14.4. The lowest BCUT2D eigenvalue weighted by Gasteiger charge is -2.40. The molecular formula is C32H41N3O5S. The summed E-state index contributed by atoms with van der Waals surface area (Å²) in [6, 6.07) is 16.0. The first-order valence-electron chi connectivity index (χ1n) is 14.8. The van der Waals surface area contributed by atoms with Crippen molar-refractivity contribution < 1.29 is 24.2 Å². The number of thioether (sulfide) groups is 1. The predicted octanol–water partition coefficient (Wildman–Crippen LogP) is 3.98. The number of nitrogens with one attached hydrogen (secondary N) is 1. The molecule has 3 unspecified atom stereocenters. The topological polar surface area (TPSA) is 99.2 Å². The van der Waals surface area contributed by atoms with Crippen LogP contribution in [0.15, 0.2) is 54.6 Å². The van der Waals surface area contributed by atoms with Gasteiger partial charge in [0.15, 0.2) is 0 Å². The number of nitrogens with zero attached hydrogens (tertiary/aromatic N) is 2. The molecule has 2 N–H and O–H groups in total. The Kier molecular flexibility index (Phi) is 8.66. The predicted molar refractivity (Wildman–Crippen MR) is 162 cm³/mol. The Morgan fingerprint density at radius 3 is 2.41 bits per heavy atom. The average molecular weight is 580 g/mol. The Morgan fingerprint density at radius 2 is 1.80 bits per heavy atom. The van der Waals surface area contributed by atoms with E-state index in [9.17, 15) is 19.5 Å². The lowest BCUT2D eigenvalue weighted by atomic mass is 9.66. The Labute approximate surface area is 246 Å². The fourth-order valence-corrected chi connectivity index (χ4v) is 9.75. The molecule has 8 nitrogen and oxygen atoms in total. The van der Waals surface area contributed by atoms with Crippen molar-refractivity contribution in [3.8, 4) is 0 Å². The van der Waals surface area contributed by atoms with Gasteiger partial charge in [-0.1, -0.05) is 37.3 Å². The molecule has 7 atom stereocenters. The highest BCUT2D eigenvalue weighted by Crippen LogP contribution is 2.69. The first-order chi connectivity index (χ1) is 19.8. The maximum Gasteiger partial charge on any atom is 0.310 e. The van der Waals surface area contributed by atoms with Crippen LogP contribution in [-0.4, -0.2) is 76.2 Å². The third-order valence-corrected chi connectivity index (χ3v) is 11.2. The summed E-state index contributed by atoms with van der Waals surface area (Å²) in [7, 11) is 0. The third kappa shape index (κ3) is 5.01. The number of carbonyl (C=O) groups is 3. The largest absolute Gasteiger partial charge is 0.466 e. The molecule has 2 aromatic rings. The molecule has 3 fully saturated rings. The van der Waals surface area contributed by atoms with Crippen LogP contribution in [0.2, 0.25) is 0 Å². The van der Waals surface area contributed by atoms with Crippen molar-refractivity contribution in [3.63, 3.8) is 0 Å². The quantitative estimate of drug-likeness (QED) is 0.389. The van der Waals surface area contributed by atoms with Crippen LogP contribution in [0.4, 0.5) is 11.4 Å². The fraction of sp³-hybridized carbons (Fsp3) is 0.531. The molecular weight excluding hydrogens is 538 g/mol. The van der Waals surface area contributed by atoms with Crippen LogP contribution in [-0.2, 0) is 25.5 Å². The maximum absolute atomic E-state index is 14.4. The molecule has 5 rings (SSSR count). The van der Waals surface area contributed by atoms with Gasteiger partial charge < -0.3 is 25.0 Å². The number of ether oxygens (including phenoxy) is 1. The lowest BCUT2D eigenvalue weighted by molar-refractivity contribution is -0.154. The van der Waals surface area contributed by atoms with Gasteiger partial charge in [0.25, 0.3) is 0 Å². The molecule has 0 saturated carbocycles. The number of aliphatic hydroxyl groups is 1. The van der Waals surface area contributed by atoms with Gasteiger partial charge in [0, 0.05) is 29.7 Å². The number of amides is 2. The van der Waals surface area contributed by atoms with Crippen molar-refractivity contribution in [2.75, 3.05) is 36.5 Å². The third-order valence-electron chi connectivity index (χ3n) is 9.17. The van der Waals surface area contributed by atoms with Crippen molar-refractivity contribution >= 4 is 40.9 Å². The molecule has 2 aromatic carbocycles. The molecule has 2 bridgehead atoms. The van der Waals surface area contributed by atoms with Gasteiger partial charge in [-0.2, -0.15) is 0 Å². The monoisotopic (exact) mass is 579 g/mol. The van der Waals surface area contributed by atoms with E-state index in [1.807, 2.05) is 54.6 Å². The smallest absolute Gasteiger partial charge is 0.310 e. The first kappa shape index (κ1) is 29.5. The van der Waals surface area contributed by atoms with Crippen LogP contribution in [0, 0.1) is 17.8 Å². The van der Waals surface area contributed by atoms with Crippen LogP contribution in [0.1, 0.15) is 39.7 Å². The van der Waals surface area contributed by atoms with Gasteiger partial charge in [0.1, 0.15) is 6.04 Å². The number of carbonyl (C=O) groups excluding carboxylic acids is 3. The van der Waals surface area contributed by atoms with Gasteiger partial charge in [0.2, 0.25) is 11.8 Å². The zero-order valence-corrected chi connectivity index (χ0v) is 25.1. The van der Waals surface area contributed by atoms with Gasteiger partial charge in [-0.3, -0.25) is 14.4 Å². The van der Waals surface area contributed by atoms with Crippen molar-refractivity contribution in [1.82, 2.24) is 4.90 Å². The lowest BCUT2D eigenvalue weighted by Crippen LogP contribution is -2.57. The van der Waals surface area contributed by atoms with Crippen LogP contribution >= 0.6 is 11.8 Å². The number of aliphatic hydroxyl groups excluding tert-OH is 1. The summed E-state index contributed by atoms with van der Waals surface area (Å²) in [5.41, 5.74) is 2.68. The number of likely N-dealkylation sites (tertiary alicyclic amines) is 1. The second-order valence-corrected chi connectivity index (χ2v) is 12.8. The number of hydrogen-bond donors (Lipinski definition) is 2. The molecule has 9 heteroatoms. The molecule has 3 aliphatic heterocycles. The van der Waals surface area contributed by atoms with Crippen LogP contribution in [0.25, 0.3) is 0 Å². The van der Waals surface area contributed by atoms with E-state index in [1.165, 1.54) is 0 Å². The summed E-state index contributed by atoms with van der Waals surface area (Å²) in [5, 5.41) is 13.6. The van der Waals surface area contributed by atoms with Gasteiger partial charge in [0.05, 0.1) is 35.8 Å². The Hall–Kier alpha value is -3.04. The Morgan fingerprint density at radius 1 is 1.12 bits per heavy atom. The number of fused-ring (bicyclic) bond motifs is 1. The minimum absolute atomic E-state index is 0.0268. The normalized spacial score (nSPS) is 28.9. The second kappa shape index (κ2) is 12.1. The van der Waals surface area contributed by atoms with Crippen molar-refractivity contribution in [2.24, 2.45) is 17.8 Å². The number of anilines is 2. The molecule has 3 saturated heterocycles. The number of esters is 1. The van der Waals surface area contributed by atoms with E-state index in [-0.39, 0.29) is 42.2 Å². The standard InChI is InChI=1S/C32H41N3O5S/c1-5-34(6-2)23-15-13-22(14-16-23)33-29(37)28-32-20(4)17-25(41-32)26(31(39)40-7-3)27(32)30(38)35(28)24(19-36)18-21-11-9-8-10-12-21/h8-16,20,24-28,36H,5-7,17-19H2,1-4H3,(H,33,37)/t20?,24-,25+,26-,27+,28?,32?/m1/s1. The highest BCUT2D eigenvalue weighted by molar-refractivity contribution is 8.02. The van der Waals surface area contributed by atoms with E-state index in [0.29, 0.717) is 12.1 Å². The van der Waals surface area contributed by atoms with E-state index in [0.717, 1.165) is 30.8 Å². The Balaban J connectivity index is 1.52. The molecule has 3 heterocycles. The van der Waals surface area contributed by atoms with Crippen LogP contribution in [0.3, 0.4) is 0 Å². The van der Waals surface area contributed by atoms with Crippen molar-refractivity contribution in [1.29, 1.82) is 0 Å². The molecule has 1 spiro atoms. The Bertz CT molecular complexity index is 1250. The molecule has 3 aliphatic rings. The summed E-state index contributed by atoms with van der Waals surface area (Å²) in [5.74, 6) is -2.14. The van der Waals surface area contributed by atoms with E-state index >= 15 is 0 Å². The van der Waals surface area contributed by atoms with Crippen LogP contribution < -0.4 is 10.2 Å². The highest BCUT2D eigenvalue weighted by atomic mass is 32.2. The summed E-state index contributed by atoms with van der Waals surface area (Å²) in [6.07, 6.45) is 1.14. The van der Waals surface area contributed by atoms with Gasteiger partial charge in [-0.15, -0.1) is 11.8 Å². The minimum atomic E-state index is -0.840. The molecule has 2 amide bonds.